The molecule has 1 N–H and O–H groups in total. The second-order valence-electron chi connectivity index (χ2n) is 4.48. The van der Waals surface area contributed by atoms with Crippen LogP contribution in [0.4, 0.5) is 0 Å². The van der Waals surface area contributed by atoms with E-state index in [1.54, 1.807) is 0 Å². The lowest BCUT2D eigenvalue weighted by molar-refractivity contribution is 0.0953. The molecule has 1 aromatic rings. The number of nitrogens with one attached hydrogen (secondary N) is 1. The van der Waals surface area contributed by atoms with Crippen molar-refractivity contribution in [2.75, 3.05) is 11.9 Å². The number of hydrogen-bond donors (Lipinski definition) is 1. The molecule has 3 nitrogen and oxygen atoms in total. The molecule has 0 spiro atoms. The Morgan fingerprint density at radius 2 is 2.06 bits per heavy atom. The topological polar surface area (TPSA) is 38.3 Å². The highest BCUT2D eigenvalue weighted by Gasteiger charge is 2.13. The zero-order valence-electron chi connectivity index (χ0n) is 10.4. The van der Waals surface area contributed by atoms with Crippen LogP contribution >= 0.6 is 15.9 Å². The van der Waals surface area contributed by atoms with Gasteiger partial charge in [0.15, 0.2) is 0 Å². The summed E-state index contributed by atoms with van der Waals surface area (Å²) in [5, 5.41) is 3.99. The average Bonchev–Trinajstić information content (AvgIpc) is 2.85. The standard InChI is InChI=1S/C14H18BrNO2/c15-6-2-1-3-7-16-14(17)11-4-5-12-9-18-10-13(12)8-11/h4-5,8H,1-3,6-7,9-10H2,(H,16,17). The minimum absolute atomic E-state index is 0.0172. The van der Waals surface area contributed by atoms with E-state index >= 15 is 0 Å². The van der Waals surface area contributed by atoms with Gasteiger partial charge in [0.1, 0.15) is 0 Å². The average molecular weight is 312 g/mol. The normalized spacial score (nSPS) is 13.4. The summed E-state index contributed by atoms with van der Waals surface area (Å²) in [5.41, 5.74) is 3.07. The van der Waals surface area contributed by atoms with Crippen molar-refractivity contribution in [3.63, 3.8) is 0 Å². The van der Waals surface area contributed by atoms with Crippen molar-refractivity contribution < 1.29 is 9.53 Å². The summed E-state index contributed by atoms with van der Waals surface area (Å²) in [4.78, 5) is 11.9. The first-order chi connectivity index (χ1) is 8.81. The van der Waals surface area contributed by atoms with E-state index in [4.69, 9.17) is 4.74 Å². The minimum atomic E-state index is 0.0172. The third-order valence-corrected chi connectivity index (χ3v) is 3.64. The van der Waals surface area contributed by atoms with Crippen LogP contribution in [0.1, 0.15) is 40.7 Å². The number of carbonyl (C=O) groups is 1. The lowest BCUT2D eigenvalue weighted by Gasteiger charge is -2.06. The molecule has 0 radical (unpaired) electrons. The van der Waals surface area contributed by atoms with Crippen LogP contribution in [0.25, 0.3) is 0 Å². The number of benzene rings is 1. The van der Waals surface area contributed by atoms with Crippen LogP contribution in [-0.4, -0.2) is 17.8 Å². The van der Waals surface area contributed by atoms with Crippen molar-refractivity contribution in [2.24, 2.45) is 0 Å². The van der Waals surface area contributed by atoms with E-state index in [2.05, 4.69) is 21.2 Å². The first kappa shape index (κ1) is 13.6. The predicted octanol–water partition coefficient (Wildman–Crippen LogP) is 3.01. The highest BCUT2D eigenvalue weighted by molar-refractivity contribution is 9.09. The van der Waals surface area contributed by atoms with Gasteiger partial charge < -0.3 is 10.1 Å². The molecule has 0 saturated carbocycles. The van der Waals surface area contributed by atoms with Gasteiger partial charge in [0.2, 0.25) is 0 Å². The Bertz CT molecular complexity index is 420. The summed E-state index contributed by atoms with van der Waals surface area (Å²) in [6.45, 7) is 2.05. The number of unbranched alkanes of at least 4 members (excludes halogenated alkanes) is 2. The first-order valence-electron chi connectivity index (χ1n) is 6.35. The van der Waals surface area contributed by atoms with E-state index in [0.29, 0.717) is 13.2 Å². The summed E-state index contributed by atoms with van der Waals surface area (Å²) in [6.07, 6.45) is 3.33. The van der Waals surface area contributed by atoms with Gasteiger partial charge in [-0.25, -0.2) is 0 Å². The van der Waals surface area contributed by atoms with Gasteiger partial charge in [0, 0.05) is 17.4 Å². The molecule has 0 atom stereocenters. The van der Waals surface area contributed by atoms with Gasteiger partial charge in [0.25, 0.3) is 5.91 Å². The molecule has 0 unspecified atom stereocenters. The minimum Gasteiger partial charge on any atom is -0.372 e. The number of hydrogen-bond acceptors (Lipinski definition) is 2. The maximum atomic E-state index is 11.9. The zero-order chi connectivity index (χ0) is 12.8. The van der Waals surface area contributed by atoms with Crippen LogP contribution in [0.3, 0.4) is 0 Å². The predicted molar refractivity (Wildman–Crippen MR) is 74.9 cm³/mol. The van der Waals surface area contributed by atoms with Gasteiger partial charge in [-0.15, -0.1) is 0 Å². The van der Waals surface area contributed by atoms with E-state index in [1.807, 2.05) is 18.2 Å². The molecular formula is C14H18BrNO2. The molecule has 98 valence electrons. The number of ether oxygens (including phenoxy) is 1. The molecule has 0 bridgehead atoms. The SMILES string of the molecule is O=C(NCCCCCBr)c1ccc2c(c1)COC2. The third-order valence-electron chi connectivity index (χ3n) is 3.08. The number of amides is 1. The Morgan fingerprint density at radius 1 is 1.22 bits per heavy atom. The van der Waals surface area contributed by atoms with Gasteiger partial charge in [-0.2, -0.15) is 0 Å². The molecule has 2 rings (SSSR count). The van der Waals surface area contributed by atoms with Crippen LogP contribution in [0.15, 0.2) is 18.2 Å². The number of rotatable bonds is 6. The molecule has 0 aliphatic carbocycles. The Morgan fingerprint density at radius 3 is 2.89 bits per heavy atom. The molecular weight excluding hydrogens is 294 g/mol. The summed E-state index contributed by atoms with van der Waals surface area (Å²) < 4.78 is 5.34. The van der Waals surface area contributed by atoms with Gasteiger partial charge in [-0.3, -0.25) is 4.79 Å². The molecule has 1 aromatic carbocycles. The second kappa shape index (κ2) is 6.90. The first-order valence-corrected chi connectivity index (χ1v) is 7.47. The molecule has 1 aliphatic heterocycles. The van der Waals surface area contributed by atoms with Gasteiger partial charge >= 0.3 is 0 Å². The Kier molecular flexibility index (Phi) is 5.20. The van der Waals surface area contributed by atoms with Crippen molar-refractivity contribution in [1.82, 2.24) is 5.32 Å². The van der Waals surface area contributed by atoms with Crippen LogP contribution in [0, 0.1) is 0 Å². The fourth-order valence-electron chi connectivity index (χ4n) is 2.01. The Hall–Kier alpha value is -0.870. The van der Waals surface area contributed by atoms with E-state index in [-0.39, 0.29) is 5.91 Å². The smallest absolute Gasteiger partial charge is 0.251 e. The van der Waals surface area contributed by atoms with E-state index in [9.17, 15) is 4.79 Å². The number of alkyl halides is 1. The monoisotopic (exact) mass is 311 g/mol. The molecule has 0 saturated heterocycles. The number of carbonyl (C=O) groups excluding carboxylic acids is 1. The maximum Gasteiger partial charge on any atom is 0.251 e. The fourth-order valence-corrected chi connectivity index (χ4v) is 2.41. The van der Waals surface area contributed by atoms with Crippen LogP contribution in [-0.2, 0) is 18.0 Å². The third kappa shape index (κ3) is 3.56. The van der Waals surface area contributed by atoms with Gasteiger partial charge in [-0.1, -0.05) is 28.4 Å². The Labute approximate surface area is 116 Å². The molecule has 0 fully saturated rings. The van der Waals surface area contributed by atoms with E-state index < -0.39 is 0 Å². The highest BCUT2D eigenvalue weighted by atomic mass is 79.9. The molecule has 0 aromatic heterocycles. The van der Waals surface area contributed by atoms with Crippen molar-refractivity contribution in [3.05, 3.63) is 34.9 Å². The summed E-state index contributed by atoms with van der Waals surface area (Å²) in [6, 6.07) is 5.81. The lowest BCUT2D eigenvalue weighted by atomic mass is 10.1. The van der Waals surface area contributed by atoms with Crippen LogP contribution < -0.4 is 5.32 Å². The number of halogens is 1. The lowest BCUT2D eigenvalue weighted by Crippen LogP contribution is -2.24. The highest BCUT2D eigenvalue weighted by Crippen LogP contribution is 2.20. The molecule has 1 aliphatic rings. The summed E-state index contributed by atoms with van der Waals surface area (Å²) in [5.74, 6) is 0.0172. The van der Waals surface area contributed by atoms with E-state index in [0.717, 1.165) is 42.3 Å². The second-order valence-corrected chi connectivity index (χ2v) is 5.27. The molecule has 1 amide bonds. The number of fused-ring (bicyclic) bond motifs is 1. The van der Waals surface area contributed by atoms with Crippen molar-refractivity contribution in [1.29, 1.82) is 0 Å². The molecule has 18 heavy (non-hydrogen) atoms. The maximum absolute atomic E-state index is 11.9. The summed E-state index contributed by atoms with van der Waals surface area (Å²) >= 11 is 3.40. The van der Waals surface area contributed by atoms with Crippen LogP contribution in [0.2, 0.25) is 0 Å². The largest absolute Gasteiger partial charge is 0.372 e. The van der Waals surface area contributed by atoms with Crippen LogP contribution in [0.5, 0.6) is 0 Å². The van der Waals surface area contributed by atoms with Crippen molar-refractivity contribution >= 4 is 21.8 Å². The van der Waals surface area contributed by atoms with Gasteiger partial charge in [-0.05, 0) is 36.1 Å². The molecule has 4 heteroatoms. The molecule has 1 heterocycles. The van der Waals surface area contributed by atoms with Crippen molar-refractivity contribution in [2.45, 2.75) is 32.5 Å². The Balaban J connectivity index is 1.82. The van der Waals surface area contributed by atoms with Gasteiger partial charge in [0.05, 0.1) is 13.2 Å². The van der Waals surface area contributed by atoms with Crippen molar-refractivity contribution in [3.8, 4) is 0 Å². The fraction of sp³-hybridized carbons (Fsp3) is 0.500. The quantitative estimate of drug-likeness (QED) is 0.648. The zero-order valence-corrected chi connectivity index (χ0v) is 12.0. The summed E-state index contributed by atoms with van der Waals surface area (Å²) in [7, 11) is 0. The van der Waals surface area contributed by atoms with E-state index in [1.165, 1.54) is 5.56 Å².